The summed E-state index contributed by atoms with van der Waals surface area (Å²) >= 11 is 0. The fourth-order valence-corrected chi connectivity index (χ4v) is 0.567. The van der Waals surface area contributed by atoms with Gasteiger partial charge in [0.05, 0.1) is 6.61 Å². The molecule has 0 aromatic rings. The fourth-order valence-electron chi connectivity index (χ4n) is 0.567. The van der Waals surface area contributed by atoms with Gasteiger partial charge in [-0.15, -0.1) is 0 Å². The third-order valence-electron chi connectivity index (χ3n) is 1.06. The van der Waals surface area contributed by atoms with Crippen LogP contribution in [0.4, 0.5) is 0 Å². The minimum absolute atomic E-state index is 0.156. The van der Waals surface area contributed by atoms with Gasteiger partial charge in [-0.3, -0.25) is 9.59 Å². The number of Topliss-reactive ketones (excluding diaryl/α,β-unsaturated/α-hetero) is 1. The summed E-state index contributed by atoms with van der Waals surface area (Å²) in [4.78, 5) is 23.9. The lowest BCUT2D eigenvalue weighted by molar-refractivity contribution is -0.147. The molecule has 6 nitrogen and oxygen atoms in total. The summed E-state index contributed by atoms with van der Waals surface area (Å²) in [5.74, 6) is -1.32. The van der Waals surface area contributed by atoms with E-state index in [2.05, 4.69) is 14.8 Å². The van der Waals surface area contributed by atoms with Gasteiger partial charge >= 0.3 is 5.97 Å². The van der Waals surface area contributed by atoms with Crippen LogP contribution in [0.5, 0.6) is 0 Å². The van der Waals surface area contributed by atoms with E-state index in [0.29, 0.717) is 0 Å². The predicted octanol–water partition coefficient (Wildman–Crippen LogP) is 0.817. The average Bonchev–Trinajstić information content (AvgIpc) is 1.99. The molecule has 0 amide bonds. The SMILES string of the molecule is CCOC(=O)C(N=[N+]=[N-])C(C)=O. The predicted molar refractivity (Wildman–Crippen MR) is 40.2 cm³/mol. The van der Waals surface area contributed by atoms with Crippen LogP contribution in [0.15, 0.2) is 5.11 Å². The maximum absolute atomic E-state index is 10.9. The highest BCUT2D eigenvalue weighted by molar-refractivity contribution is 6.02. The normalized spacial score (nSPS) is 11.2. The van der Waals surface area contributed by atoms with Crippen molar-refractivity contribution in [3.8, 4) is 0 Å². The monoisotopic (exact) mass is 171 g/mol. The van der Waals surface area contributed by atoms with Crippen molar-refractivity contribution in [1.82, 2.24) is 0 Å². The van der Waals surface area contributed by atoms with Crippen molar-refractivity contribution in [2.75, 3.05) is 6.61 Å². The van der Waals surface area contributed by atoms with Crippen molar-refractivity contribution in [2.45, 2.75) is 19.9 Å². The molecule has 0 aliphatic heterocycles. The van der Waals surface area contributed by atoms with Gasteiger partial charge in [0, 0.05) is 4.91 Å². The molecule has 6 heteroatoms. The number of azide groups is 1. The number of ketones is 1. The zero-order valence-electron chi connectivity index (χ0n) is 6.85. The van der Waals surface area contributed by atoms with Crippen LogP contribution >= 0.6 is 0 Å². The molecule has 0 radical (unpaired) electrons. The van der Waals surface area contributed by atoms with E-state index in [1.54, 1.807) is 6.92 Å². The maximum atomic E-state index is 10.9. The van der Waals surface area contributed by atoms with Crippen molar-refractivity contribution >= 4 is 11.8 Å². The van der Waals surface area contributed by atoms with Crippen LogP contribution < -0.4 is 0 Å². The molecule has 12 heavy (non-hydrogen) atoms. The smallest absolute Gasteiger partial charge is 0.322 e. The first kappa shape index (κ1) is 10.4. The van der Waals surface area contributed by atoms with E-state index in [-0.39, 0.29) is 6.61 Å². The highest BCUT2D eigenvalue weighted by atomic mass is 16.5. The molecule has 0 aromatic heterocycles. The molecule has 0 aliphatic rings. The minimum Gasteiger partial charge on any atom is -0.465 e. The van der Waals surface area contributed by atoms with E-state index >= 15 is 0 Å². The Morgan fingerprint density at radius 2 is 2.25 bits per heavy atom. The molecule has 0 N–H and O–H groups in total. The lowest BCUT2D eigenvalue weighted by Gasteiger charge is -2.04. The summed E-state index contributed by atoms with van der Waals surface area (Å²) in [6, 6.07) is -1.34. The topological polar surface area (TPSA) is 92.1 Å². The molecule has 0 spiro atoms. The van der Waals surface area contributed by atoms with E-state index < -0.39 is 17.8 Å². The van der Waals surface area contributed by atoms with E-state index in [4.69, 9.17) is 5.53 Å². The van der Waals surface area contributed by atoms with E-state index in [0.717, 1.165) is 6.92 Å². The van der Waals surface area contributed by atoms with Crippen LogP contribution in [-0.4, -0.2) is 24.4 Å². The summed E-state index contributed by atoms with van der Waals surface area (Å²) in [5, 5.41) is 3.00. The molecular weight excluding hydrogens is 162 g/mol. The summed E-state index contributed by atoms with van der Waals surface area (Å²) < 4.78 is 4.49. The lowest BCUT2D eigenvalue weighted by Crippen LogP contribution is -2.27. The Balaban J connectivity index is 4.40. The van der Waals surface area contributed by atoms with Crippen molar-refractivity contribution in [2.24, 2.45) is 5.11 Å². The number of nitrogens with zero attached hydrogens (tertiary/aromatic N) is 3. The van der Waals surface area contributed by atoms with Crippen LogP contribution in [0.1, 0.15) is 13.8 Å². The second-order valence-corrected chi connectivity index (χ2v) is 1.97. The van der Waals surface area contributed by atoms with Crippen molar-refractivity contribution in [3.05, 3.63) is 10.4 Å². The number of carbonyl (C=O) groups excluding carboxylic acids is 2. The number of carbonyl (C=O) groups is 2. The Hall–Kier alpha value is -1.55. The van der Waals surface area contributed by atoms with E-state index in [9.17, 15) is 9.59 Å². The van der Waals surface area contributed by atoms with Gasteiger partial charge in [-0.1, -0.05) is 5.11 Å². The largest absolute Gasteiger partial charge is 0.465 e. The molecule has 1 unspecified atom stereocenters. The van der Waals surface area contributed by atoms with Crippen LogP contribution in [0.3, 0.4) is 0 Å². The molecule has 0 aliphatic carbocycles. The van der Waals surface area contributed by atoms with Gasteiger partial charge in [-0.05, 0) is 19.4 Å². The Kier molecular flexibility index (Phi) is 4.48. The van der Waals surface area contributed by atoms with Crippen LogP contribution in [0, 0.1) is 0 Å². The molecule has 0 heterocycles. The average molecular weight is 171 g/mol. The molecule has 0 rings (SSSR count). The van der Waals surface area contributed by atoms with Crippen LogP contribution in [0.25, 0.3) is 10.4 Å². The summed E-state index contributed by atoms with van der Waals surface area (Å²) in [7, 11) is 0. The molecule has 0 bridgehead atoms. The molecule has 66 valence electrons. The quantitative estimate of drug-likeness (QED) is 0.206. The molecule has 0 saturated carbocycles. The van der Waals surface area contributed by atoms with E-state index in [1.807, 2.05) is 0 Å². The molecule has 0 fully saturated rings. The van der Waals surface area contributed by atoms with Gasteiger partial charge in [0.2, 0.25) is 0 Å². The first-order chi connectivity index (χ1) is 5.63. The number of rotatable bonds is 4. The number of esters is 1. The molecular formula is C6H9N3O3. The van der Waals surface area contributed by atoms with Gasteiger partial charge in [0.25, 0.3) is 0 Å². The summed E-state index contributed by atoms with van der Waals surface area (Å²) in [6.45, 7) is 2.92. The van der Waals surface area contributed by atoms with Crippen LogP contribution in [-0.2, 0) is 14.3 Å². The Morgan fingerprint density at radius 3 is 2.58 bits per heavy atom. The van der Waals surface area contributed by atoms with Gasteiger partial charge < -0.3 is 4.74 Å². The van der Waals surface area contributed by atoms with Crippen molar-refractivity contribution in [3.63, 3.8) is 0 Å². The highest BCUT2D eigenvalue weighted by Crippen LogP contribution is 1.97. The van der Waals surface area contributed by atoms with Crippen LogP contribution in [0.2, 0.25) is 0 Å². The number of hydrogen-bond acceptors (Lipinski definition) is 4. The molecule has 1 atom stereocenters. The second kappa shape index (κ2) is 5.15. The zero-order valence-corrected chi connectivity index (χ0v) is 6.85. The summed E-state index contributed by atoms with van der Waals surface area (Å²) in [5.41, 5.74) is 8.00. The van der Waals surface area contributed by atoms with E-state index in [1.165, 1.54) is 0 Å². The first-order valence-corrected chi connectivity index (χ1v) is 3.34. The third-order valence-corrected chi connectivity index (χ3v) is 1.06. The maximum Gasteiger partial charge on any atom is 0.322 e. The molecule has 0 saturated heterocycles. The van der Waals surface area contributed by atoms with Gasteiger partial charge in [-0.2, -0.15) is 0 Å². The van der Waals surface area contributed by atoms with Gasteiger partial charge in [0.15, 0.2) is 6.04 Å². The Bertz CT molecular complexity index is 230. The third kappa shape index (κ3) is 3.03. The van der Waals surface area contributed by atoms with Crippen molar-refractivity contribution < 1.29 is 14.3 Å². The Morgan fingerprint density at radius 1 is 1.67 bits per heavy atom. The van der Waals surface area contributed by atoms with Gasteiger partial charge in [-0.25, -0.2) is 0 Å². The number of hydrogen-bond donors (Lipinski definition) is 0. The fraction of sp³-hybridized carbons (Fsp3) is 0.667. The van der Waals surface area contributed by atoms with Crippen molar-refractivity contribution in [1.29, 1.82) is 0 Å². The standard InChI is InChI=1S/C6H9N3O3/c1-3-12-6(11)5(4(2)10)8-9-7/h5H,3H2,1-2H3. The zero-order chi connectivity index (χ0) is 9.56. The second-order valence-electron chi connectivity index (χ2n) is 1.97. The number of ether oxygens (including phenoxy) is 1. The summed E-state index contributed by atoms with van der Waals surface area (Å²) in [6.07, 6.45) is 0. The first-order valence-electron chi connectivity index (χ1n) is 3.34. The Labute approximate surface area is 69.1 Å². The lowest BCUT2D eigenvalue weighted by atomic mass is 10.2. The minimum atomic E-state index is -1.34. The van der Waals surface area contributed by atoms with Gasteiger partial charge in [0.1, 0.15) is 5.78 Å². The molecule has 0 aromatic carbocycles. The highest BCUT2D eigenvalue weighted by Gasteiger charge is 2.22.